The van der Waals surface area contributed by atoms with Gasteiger partial charge in [0.1, 0.15) is 0 Å². The fourth-order valence-electron chi connectivity index (χ4n) is 1.68. The summed E-state index contributed by atoms with van der Waals surface area (Å²) < 4.78 is 7.78. The van der Waals surface area contributed by atoms with Gasteiger partial charge in [0.15, 0.2) is 11.4 Å². The summed E-state index contributed by atoms with van der Waals surface area (Å²) in [7, 11) is 0. The van der Waals surface area contributed by atoms with E-state index < -0.39 is 0 Å². The molecule has 18 heavy (non-hydrogen) atoms. The van der Waals surface area contributed by atoms with Gasteiger partial charge in [0.05, 0.1) is 17.3 Å². The van der Waals surface area contributed by atoms with Crippen LogP contribution in [-0.2, 0) is 0 Å². The van der Waals surface area contributed by atoms with Crippen molar-refractivity contribution in [3.63, 3.8) is 0 Å². The molecule has 2 aromatic rings. The largest absolute Gasteiger partial charge is 0.489 e. The summed E-state index contributed by atoms with van der Waals surface area (Å²) in [4.78, 5) is 4.98. The number of nitrogens with two attached hydrogens (primary N) is 1. The van der Waals surface area contributed by atoms with Crippen molar-refractivity contribution < 1.29 is 4.74 Å². The fraction of sp³-hybridized carbons (Fsp3) is 0.385. The van der Waals surface area contributed by atoms with Crippen LogP contribution >= 0.6 is 12.2 Å². The number of aryl methyl sites for hydroxylation is 2. The highest BCUT2D eigenvalue weighted by Crippen LogP contribution is 2.21. The number of pyridine rings is 1. The van der Waals surface area contributed by atoms with Crippen LogP contribution in [0.2, 0.25) is 0 Å². The van der Waals surface area contributed by atoms with E-state index in [4.69, 9.17) is 22.7 Å². The second-order valence-electron chi connectivity index (χ2n) is 4.46. The Morgan fingerprint density at radius 2 is 2.28 bits per heavy atom. The highest BCUT2D eigenvalue weighted by atomic mass is 32.1. The van der Waals surface area contributed by atoms with Gasteiger partial charge in [-0.05, 0) is 26.0 Å². The molecule has 1 atom stereocenters. The van der Waals surface area contributed by atoms with Gasteiger partial charge in [0.25, 0.3) is 0 Å². The highest BCUT2D eigenvalue weighted by molar-refractivity contribution is 7.80. The summed E-state index contributed by atoms with van der Waals surface area (Å²) in [6.07, 6.45) is 1.98. The molecule has 96 valence electrons. The first-order valence-corrected chi connectivity index (χ1v) is 6.28. The third kappa shape index (κ3) is 2.31. The Labute approximate surface area is 112 Å². The van der Waals surface area contributed by atoms with E-state index in [9.17, 15) is 0 Å². The fourth-order valence-corrected chi connectivity index (χ4v) is 1.75. The Hall–Kier alpha value is -1.62. The lowest BCUT2D eigenvalue weighted by molar-refractivity contribution is 0.295. The first-order chi connectivity index (χ1) is 8.50. The van der Waals surface area contributed by atoms with E-state index in [0.717, 1.165) is 22.8 Å². The molecule has 0 radical (unpaired) electrons. The molecule has 2 N–H and O–H groups in total. The van der Waals surface area contributed by atoms with Gasteiger partial charge in [-0.15, -0.1) is 0 Å². The molecule has 5 heteroatoms. The van der Waals surface area contributed by atoms with Gasteiger partial charge in [0.2, 0.25) is 0 Å². The molecule has 4 nitrogen and oxygen atoms in total. The SMILES string of the molecule is Cc1nc2c(OCC(C)C(N)=S)cccn2c1C. The number of thiocarbonyl (C=S) groups is 1. The minimum atomic E-state index is 0.0532. The van der Waals surface area contributed by atoms with E-state index in [0.29, 0.717) is 11.6 Å². The lowest BCUT2D eigenvalue weighted by atomic mass is 10.2. The lowest BCUT2D eigenvalue weighted by Gasteiger charge is -2.12. The first-order valence-electron chi connectivity index (χ1n) is 5.87. The Balaban J connectivity index is 2.29. The maximum atomic E-state index is 5.76. The van der Waals surface area contributed by atoms with Crippen LogP contribution in [0.25, 0.3) is 5.65 Å². The Morgan fingerprint density at radius 3 is 2.94 bits per heavy atom. The topological polar surface area (TPSA) is 52.5 Å². The first kappa shape index (κ1) is 12.8. The van der Waals surface area contributed by atoms with Gasteiger partial charge in [-0.3, -0.25) is 0 Å². The Morgan fingerprint density at radius 1 is 1.56 bits per heavy atom. The van der Waals surface area contributed by atoms with Gasteiger partial charge >= 0.3 is 0 Å². The smallest absolute Gasteiger partial charge is 0.180 e. The van der Waals surface area contributed by atoms with Gasteiger partial charge in [-0.2, -0.15) is 0 Å². The Bertz CT molecular complexity index is 591. The number of ether oxygens (including phenoxy) is 1. The van der Waals surface area contributed by atoms with Crippen LogP contribution in [-0.4, -0.2) is 21.0 Å². The molecule has 0 aliphatic rings. The van der Waals surface area contributed by atoms with Crippen LogP contribution in [0.5, 0.6) is 5.75 Å². The zero-order valence-corrected chi connectivity index (χ0v) is 11.6. The summed E-state index contributed by atoms with van der Waals surface area (Å²) in [6.45, 7) is 6.45. The number of hydrogen-bond acceptors (Lipinski definition) is 3. The molecule has 2 aromatic heterocycles. The minimum absolute atomic E-state index is 0.0532. The monoisotopic (exact) mass is 263 g/mol. The Kier molecular flexibility index (Phi) is 3.52. The van der Waals surface area contributed by atoms with E-state index in [1.807, 2.05) is 43.5 Å². The van der Waals surface area contributed by atoms with Crippen LogP contribution in [0.15, 0.2) is 18.3 Å². The highest BCUT2D eigenvalue weighted by Gasteiger charge is 2.11. The second kappa shape index (κ2) is 4.94. The van der Waals surface area contributed by atoms with Crippen molar-refractivity contribution in [2.75, 3.05) is 6.61 Å². The van der Waals surface area contributed by atoms with Crippen molar-refractivity contribution in [3.8, 4) is 5.75 Å². The van der Waals surface area contributed by atoms with Crippen molar-refractivity contribution >= 4 is 22.9 Å². The molecule has 0 bridgehead atoms. The number of aromatic nitrogens is 2. The van der Waals surface area contributed by atoms with E-state index in [2.05, 4.69) is 4.98 Å². The van der Waals surface area contributed by atoms with Crippen molar-refractivity contribution in [2.24, 2.45) is 11.7 Å². The predicted octanol–water partition coefficient (Wildman–Crippen LogP) is 2.25. The molecule has 0 aromatic carbocycles. The van der Waals surface area contributed by atoms with Crippen LogP contribution < -0.4 is 10.5 Å². The number of nitrogens with zero attached hydrogens (tertiary/aromatic N) is 2. The lowest BCUT2D eigenvalue weighted by Crippen LogP contribution is -2.24. The molecule has 0 aliphatic carbocycles. The van der Waals surface area contributed by atoms with Crippen molar-refractivity contribution in [2.45, 2.75) is 20.8 Å². The normalized spacial score (nSPS) is 12.6. The summed E-state index contributed by atoms with van der Waals surface area (Å²) in [5.41, 5.74) is 8.54. The van der Waals surface area contributed by atoms with Gasteiger partial charge in [0, 0.05) is 17.8 Å². The third-order valence-corrected chi connectivity index (χ3v) is 3.47. The number of imidazole rings is 1. The zero-order valence-electron chi connectivity index (χ0n) is 10.8. The molecule has 0 amide bonds. The summed E-state index contributed by atoms with van der Waals surface area (Å²) in [5.74, 6) is 0.814. The molecule has 0 spiro atoms. The van der Waals surface area contributed by atoms with Crippen LogP contribution in [0.1, 0.15) is 18.3 Å². The molecule has 2 heterocycles. The number of fused-ring (bicyclic) bond motifs is 1. The quantitative estimate of drug-likeness (QED) is 0.860. The number of rotatable bonds is 4. The molecule has 2 rings (SSSR count). The maximum absolute atomic E-state index is 5.76. The number of hydrogen-bond donors (Lipinski definition) is 1. The average Bonchev–Trinajstić information content (AvgIpc) is 2.63. The molecule has 0 saturated carbocycles. The maximum Gasteiger partial charge on any atom is 0.180 e. The second-order valence-corrected chi connectivity index (χ2v) is 4.93. The molecule has 0 aliphatic heterocycles. The van der Waals surface area contributed by atoms with E-state index in [-0.39, 0.29) is 5.92 Å². The van der Waals surface area contributed by atoms with Crippen LogP contribution in [0, 0.1) is 19.8 Å². The molecule has 0 fully saturated rings. The van der Waals surface area contributed by atoms with Crippen LogP contribution in [0.4, 0.5) is 0 Å². The minimum Gasteiger partial charge on any atom is -0.489 e. The standard InChI is InChI=1S/C13H17N3OS/c1-8(12(14)18)7-17-11-5-4-6-16-10(3)9(2)15-13(11)16/h4-6,8H,7H2,1-3H3,(H2,14,18). The van der Waals surface area contributed by atoms with Crippen LogP contribution in [0.3, 0.4) is 0 Å². The molecular formula is C13H17N3OS. The van der Waals surface area contributed by atoms with E-state index in [1.165, 1.54) is 0 Å². The van der Waals surface area contributed by atoms with Crippen molar-refractivity contribution in [1.29, 1.82) is 0 Å². The van der Waals surface area contributed by atoms with Gasteiger partial charge < -0.3 is 14.9 Å². The van der Waals surface area contributed by atoms with Crippen molar-refractivity contribution in [1.82, 2.24) is 9.38 Å². The van der Waals surface area contributed by atoms with E-state index >= 15 is 0 Å². The summed E-state index contributed by atoms with van der Waals surface area (Å²) in [5, 5.41) is 0. The molecule has 1 unspecified atom stereocenters. The predicted molar refractivity (Wildman–Crippen MR) is 76.1 cm³/mol. The zero-order chi connectivity index (χ0) is 13.3. The summed E-state index contributed by atoms with van der Waals surface area (Å²) in [6, 6.07) is 3.86. The molecule has 0 saturated heterocycles. The third-order valence-electron chi connectivity index (χ3n) is 3.06. The average molecular weight is 263 g/mol. The van der Waals surface area contributed by atoms with Crippen molar-refractivity contribution in [3.05, 3.63) is 29.7 Å². The van der Waals surface area contributed by atoms with E-state index in [1.54, 1.807) is 0 Å². The van der Waals surface area contributed by atoms with Gasteiger partial charge in [-0.25, -0.2) is 4.98 Å². The summed E-state index contributed by atoms with van der Waals surface area (Å²) >= 11 is 4.93. The van der Waals surface area contributed by atoms with Gasteiger partial charge in [-0.1, -0.05) is 19.1 Å². The molecular weight excluding hydrogens is 246 g/mol.